The Kier molecular flexibility index (Phi) is 4.19. The van der Waals surface area contributed by atoms with Gasteiger partial charge in [0.25, 0.3) is 0 Å². The third-order valence-electron chi connectivity index (χ3n) is 1.79. The summed E-state index contributed by atoms with van der Waals surface area (Å²) in [5, 5.41) is 10.1. The Morgan fingerprint density at radius 1 is 1.50 bits per heavy atom. The van der Waals surface area contributed by atoms with Gasteiger partial charge in [-0.1, -0.05) is 0 Å². The molecule has 0 spiro atoms. The first-order valence-corrected chi connectivity index (χ1v) is 6.56. The predicted molar refractivity (Wildman–Crippen MR) is 58.3 cm³/mol. The summed E-state index contributed by atoms with van der Waals surface area (Å²) < 4.78 is 23.4. The molecule has 0 atom stereocenters. The van der Waals surface area contributed by atoms with Gasteiger partial charge in [-0.15, -0.1) is 11.6 Å². The van der Waals surface area contributed by atoms with E-state index in [-0.39, 0.29) is 18.1 Å². The maximum atomic E-state index is 11.7. The van der Waals surface area contributed by atoms with Crippen molar-refractivity contribution in [3.05, 3.63) is 28.4 Å². The van der Waals surface area contributed by atoms with Crippen LogP contribution in [0.1, 0.15) is 6.42 Å². The van der Waals surface area contributed by atoms with E-state index in [0.717, 1.165) is 6.07 Å². The second kappa shape index (κ2) is 5.22. The lowest BCUT2D eigenvalue weighted by Crippen LogP contribution is -2.11. The van der Waals surface area contributed by atoms with Crippen LogP contribution >= 0.6 is 11.6 Å². The van der Waals surface area contributed by atoms with E-state index < -0.39 is 25.5 Å². The minimum atomic E-state index is -3.74. The molecule has 0 fully saturated rings. The maximum absolute atomic E-state index is 11.7. The van der Waals surface area contributed by atoms with Gasteiger partial charge >= 0.3 is 5.69 Å². The number of nitrogens with zero attached hydrogens (tertiary/aromatic N) is 2. The fraction of sp³-hybridized carbons (Fsp3) is 0.375. The topological polar surface area (TPSA) is 90.2 Å². The van der Waals surface area contributed by atoms with E-state index in [1.165, 1.54) is 12.3 Å². The number of sulfone groups is 1. The summed E-state index contributed by atoms with van der Waals surface area (Å²) in [7, 11) is -3.74. The molecule has 0 unspecified atom stereocenters. The van der Waals surface area contributed by atoms with E-state index >= 15 is 0 Å². The molecule has 1 heterocycles. The molecule has 16 heavy (non-hydrogen) atoms. The molecule has 0 amide bonds. The number of pyridine rings is 1. The Balaban J connectivity index is 3.17. The highest BCUT2D eigenvalue weighted by Crippen LogP contribution is 2.21. The van der Waals surface area contributed by atoms with Crippen molar-refractivity contribution < 1.29 is 13.3 Å². The molecule has 0 aromatic carbocycles. The summed E-state index contributed by atoms with van der Waals surface area (Å²) in [5.74, 6) is -0.0613. The van der Waals surface area contributed by atoms with Gasteiger partial charge in [-0.25, -0.2) is 13.4 Å². The van der Waals surface area contributed by atoms with E-state index in [2.05, 4.69) is 4.98 Å². The molecule has 0 aliphatic carbocycles. The van der Waals surface area contributed by atoms with Gasteiger partial charge in [0.15, 0.2) is 0 Å². The van der Waals surface area contributed by atoms with Crippen LogP contribution in [-0.2, 0) is 9.84 Å². The standard InChI is InChI=1S/C8H9ClN2O4S/c9-4-2-6-16(14,15)8-7(11(12)13)3-1-5-10-8/h1,3,5H,2,4,6H2. The van der Waals surface area contributed by atoms with Gasteiger partial charge in [0.05, 0.1) is 10.7 Å². The van der Waals surface area contributed by atoms with Gasteiger partial charge in [-0.3, -0.25) is 10.1 Å². The Labute approximate surface area is 97.3 Å². The maximum Gasteiger partial charge on any atom is 0.306 e. The molecule has 88 valence electrons. The fourth-order valence-corrected chi connectivity index (χ4v) is 2.79. The Morgan fingerprint density at radius 3 is 2.75 bits per heavy atom. The lowest BCUT2D eigenvalue weighted by Gasteiger charge is -2.02. The first-order chi connectivity index (χ1) is 7.49. The van der Waals surface area contributed by atoms with Crippen molar-refractivity contribution >= 4 is 27.1 Å². The minimum Gasteiger partial charge on any atom is -0.258 e. The van der Waals surface area contributed by atoms with Crippen molar-refractivity contribution in [2.45, 2.75) is 11.4 Å². The zero-order chi connectivity index (χ0) is 12.2. The summed E-state index contributed by atoms with van der Waals surface area (Å²) in [5.41, 5.74) is -0.503. The predicted octanol–water partition coefficient (Wildman–Crippen LogP) is 1.39. The number of alkyl halides is 1. The molecular weight excluding hydrogens is 256 g/mol. The minimum absolute atomic E-state index is 0.180. The first kappa shape index (κ1) is 12.9. The highest BCUT2D eigenvalue weighted by atomic mass is 35.5. The van der Waals surface area contributed by atoms with E-state index in [0.29, 0.717) is 0 Å². The monoisotopic (exact) mass is 264 g/mol. The molecule has 0 N–H and O–H groups in total. The molecule has 0 saturated heterocycles. The lowest BCUT2D eigenvalue weighted by atomic mass is 10.4. The molecule has 0 radical (unpaired) electrons. The average molecular weight is 265 g/mol. The van der Waals surface area contributed by atoms with E-state index in [4.69, 9.17) is 11.6 Å². The van der Waals surface area contributed by atoms with Crippen LogP contribution in [0.25, 0.3) is 0 Å². The smallest absolute Gasteiger partial charge is 0.258 e. The van der Waals surface area contributed by atoms with Gasteiger partial charge in [-0.2, -0.15) is 0 Å². The number of hydrogen-bond donors (Lipinski definition) is 0. The molecule has 8 heteroatoms. The van der Waals surface area contributed by atoms with E-state index in [9.17, 15) is 18.5 Å². The fourth-order valence-electron chi connectivity index (χ4n) is 1.10. The molecule has 0 bridgehead atoms. The van der Waals surface area contributed by atoms with Gasteiger partial charge < -0.3 is 0 Å². The highest BCUT2D eigenvalue weighted by Gasteiger charge is 2.26. The first-order valence-electron chi connectivity index (χ1n) is 4.37. The van der Waals surface area contributed by atoms with Crippen LogP contribution in [-0.4, -0.2) is 30.0 Å². The van der Waals surface area contributed by atoms with Crippen molar-refractivity contribution in [2.24, 2.45) is 0 Å². The van der Waals surface area contributed by atoms with Crippen molar-refractivity contribution in [1.29, 1.82) is 0 Å². The molecule has 0 aliphatic heterocycles. The zero-order valence-corrected chi connectivity index (χ0v) is 9.74. The van der Waals surface area contributed by atoms with Crippen molar-refractivity contribution in [3.8, 4) is 0 Å². The van der Waals surface area contributed by atoms with Crippen LogP contribution in [0.3, 0.4) is 0 Å². The Hall–Kier alpha value is -1.21. The third-order valence-corrected chi connectivity index (χ3v) is 3.79. The van der Waals surface area contributed by atoms with Crippen LogP contribution in [0.15, 0.2) is 23.4 Å². The molecule has 0 saturated carbocycles. The second-order valence-electron chi connectivity index (χ2n) is 2.95. The highest BCUT2D eigenvalue weighted by molar-refractivity contribution is 7.91. The number of nitro groups is 1. The molecule has 6 nitrogen and oxygen atoms in total. The van der Waals surface area contributed by atoms with Crippen LogP contribution in [0.2, 0.25) is 0 Å². The number of rotatable bonds is 5. The summed E-state index contributed by atoms with van der Waals surface area (Å²) >= 11 is 5.38. The lowest BCUT2D eigenvalue weighted by molar-refractivity contribution is -0.388. The largest absolute Gasteiger partial charge is 0.306 e. The zero-order valence-electron chi connectivity index (χ0n) is 8.17. The van der Waals surface area contributed by atoms with E-state index in [1.807, 2.05) is 0 Å². The summed E-state index contributed by atoms with van der Waals surface area (Å²) in [6.07, 6.45) is 1.44. The Morgan fingerprint density at radius 2 is 2.19 bits per heavy atom. The van der Waals surface area contributed by atoms with Crippen molar-refractivity contribution in [1.82, 2.24) is 4.98 Å². The number of aromatic nitrogens is 1. The van der Waals surface area contributed by atoms with Gasteiger partial charge in [-0.05, 0) is 12.5 Å². The van der Waals surface area contributed by atoms with Crippen molar-refractivity contribution in [3.63, 3.8) is 0 Å². The molecule has 1 aromatic heterocycles. The quantitative estimate of drug-likeness (QED) is 0.455. The normalized spacial score (nSPS) is 11.3. The Bertz CT molecular complexity index is 489. The van der Waals surface area contributed by atoms with Gasteiger partial charge in [0, 0.05) is 18.1 Å². The second-order valence-corrected chi connectivity index (χ2v) is 5.35. The SMILES string of the molecule is O=[N+]([O-])c1cccnc1S(=O)(=O)CCCCl. The summed E-state index contributed by atoms with van der Waals surface area (Å²) in [4.78, 5) is 13.4. The number of halogens is 1. The van der Waals surface area contributed by atoms with Gasteiger partial charge in [0.2, 0.25) is 14.9 Å². The molecule has 1 rings (SSSR count). The van der Waals surface area contributed by atoms with Crippen LogP contribution in [0, 0.1) is 10.1 Å². The summed E-state index contributed by atoms with van der Waals surface area (Å²) in [6, 6.07) is 2.43. The van der Waals surface area contributed by atoms with E-state index in [1.54, 1.807) is 0 Å². The molecule has 0 aliphatic rings. The third kappa shape index (κ3) is 2.89. The van der Waals surface area contributed by atoms with Crippen LogP contribution in [0.4, 0.5) is 5.69 Å². The van der Waals surface area contributed by atoms with Crippen LogP contribution in [0.5, 0.6) is 0 Å². The summed E-state index contributed by atoms with van der Waals surface area (Å²) in [6.45, 7) is 0. The van der Waals surface area contributed by atoms with Crippen molar-refractivity contribution in [2.75, 3.05) is 11.6 Å². The molecular formula is C8H9ClN2O4S. The average Bonchev–Trinajstić information content (AvgIpc) is 2.26. The van der Waals surface area contributed by atoms with Gasteiger partial charge in [0.1, 0.15) is 0 Å². The number of hydrogen-bond acceptors (Lipinski definition) is 5. The van der Waals surface area contributed by atoms with Crippen LogP contribution < -0.4 is 0 Å². The molecule has 1 aromatic rings.